The van der Waals surface area contributed by atoms with Crippen molar-refractivity contribution >= 4 is 23.3 Å². The van der Waals surface area contributed by atoms with Gasteiger partial charge in [0.1, 0.15) is 12.4 Å². The molecular formula is C21H23N3O4. The second-order valence-corrected chi connectivity index (χ2v) is 6.85. The maximum absolute atomic E-state index is 12.4. The molecule has 4 rings (SSSR count). The van der Waals surface area contributed by atoms with Crippen molar-refractivity contribution in [2.75, 3.05) is 36.5 Å². The van der Waals surface area contributed by atoms with Crippen molar-refractivity contribution in [1.82, 2.24) is 5.32 Å². The van der Waals surface area contributed by atoms with Gasteiger partial charge in [-0.2, -0.15) is 0 Å². The average Bonchev–Trinajstić information content (AvgIpc) is 3.39. The van der Waals surface area contributed by atoms with Crippen LogP contribution in [0.4, 0.5) is 16.2 Å². The van der Waals surface area contributed by atoms with E-state index in [1.807, 2.05) is 12.1 Å². The largest absolute Gasteiger partial charge is 0.491 e. The third-order valence-electron chi connectivity index (χ3n) is 4.87. The molecule has 28 heavy (non-hydrogen) atoms. The van der Waals surface area contributed by atoms with Crippen LogP contribution in [0.2, 0.25) is 0 Å². The zero-order chi connectivity index (χ0) is 19.3. The van der Waals surface area contributed by atoms with Crippen LogP contribution in [0, 0.1) is 0 Å². The molecule has 0 aromatic heterocycles. The summed E-state index contributed by atoms with van der Waals surface area (Å²) in [7, 11) is 0. The maximum atomic E-state index is 12.4. The first-order valence-electron chi connectivity index (χ1n) is 9.50. The standard InChI is InChI=1S/C21H23N3O4/c25-20(15-3-9-18(10-4-15)28-14-19-2-1-13-27-19)23-16-5-7-17(8-6-16)24-12-11-22-21(24)26/h3-10,19H,1-2,11-14H2,(H,22,26)(H,23,25). The van der Waals surface area contributed by atoms with E-state index in [-0.39, 0.29) is 18.0 Å². The second kappa shape index (κ2) is 8.31. The van der Waals surface area contributed by atoms with Crippen molar-refractivity contribution in [3.63, 3.8) is 0 Å². The van der Waals surface area contributed by atoms with Crippen LogP contribution in [0.3, 0.4) is 0 Å². The molecule has 0 aliphatic carbocycles. The Labute approximate surface area is 163 Å². The highest BCUT2D eigenvalue weighted by atomic mass is 16.5. The quantitative estimate of drug-likeness (QED) is 0.806. The zero-order valence-corrected chi connectivity index (χ0v) is 15.5. The number of ether oxygens (including phenoxy) is 2. The Morgan fingerprint density at radius 1 is 1.18 bits per heavy atom. The van der Waals surface area contributed by atoms with E-state index in [1.54, 1.807) is 41.3 Å². The predicted octanol–water partition coefficient (Wildman–Crippen LogP) is 3.03. The number of anilines is 2. The van der Waals surface area contributed by atoms with Gasteiger partial charge in [-0.05, 0) is 61.4 Å². The first-order chi connectivity index (χ1) is 13.7. The van der Waals surface area contributed by atoms with Gasteiger partial charge in [0.25, 0.3) is 5.91 Å². The summed E-state index contributed by atoms with van der Waals surface area (Å²) in [5, 5.41) is 5.63. The van der Waals surface area contributed by atoms with Gasteiger partial charge in [-0.1, -0.05) is 0 Å². The molecule has 2 saturated heterocycles. The van der Waals surface area contributed by atoms with Gasteiger partial charge < -0.3 is 20.1 Å². The summed E-state index contributed by atoms with van der Waals surface area (Å²) in [5.41, 5.74) is 2.03. The van der Waals surface area contributed by atoms with Gasteiger partial charge in [-0.3, -0.25) is 9.69 Å². The maximum Gasteiger partial charge on any atom is 0.321 e. The highest BCUT2D eigenvalue weighted by Gasteiger charge is 2.21. The highest BCUT2D eigenvalue weighted by molar-refractivity contribution is 6.04. The highest BCUT2D eigenvalue weighted by Crippen LogP contribution is 2.21. The number of hydrogen-bond donors (Lipinski definition) is 2. The number of carbonyl (C=O) groups is 2. The Morgan fingerprint density at radius 3 is 2.61 bits per heavy atom. The topological polar surface area (TPSA) is 79.9 Å². The summed E-state index contributed by atoms with van der Waals surface area (Å²) in [6, 6.07) is 14.2. The van der Waals surface area contributed by atoms with E-state index >= 15 is 0 Å². The lowest BCUT2D eigenvalue weighted by Gasteiger charge is -2.15. The molecule has 2 N–H and O–H groups in total. The molecule has 0 saturated carbocycles. The summed E-state index contributed by atoms with van der Waals surface area (Å²) in [4.78, 5) is 25.8. The number of amides is 3. The Balaban J connectivity index is 1.32. The Kier molecular flexibility index (Phi) is 5.43. The van der Waals surface area contributed by atoms with Gasteiger partial charge >= 0.3 is 6.03 Å². The Hall–Kier alpha value is -3.06. The van der Waals surface area contributed by atoms with Crippen LogP contribution < -0.4 is 20.3 Å². The van der Waals surface area contributed by atoms with Crippen molar-refractivity contribution in [3.8, 4) is 5.75 Å². The molecule has 2 aliphatic rings. The third kappa shape index (κ3) is 4.26. The molecule has 1 unspecified atom stereocenters. The minimum atomic E-state index is -0.197. The molecule has 0 spiro atoms. The number of nitrogens with one attached hydrogen (secondary N) is 2. The number of urea groups is 1. The van der Waals surface area contributed by atoms with Gasteiger partial charge in [-0.25, -0.2) is 4.79 Å². The van der Waals surface area contributed by atoms with Crippen LogP contribution in [-0.2, 0) is 4.74 Å². The normalized spacial score (nSPS) is 18.8. The first kappa shape index (κ1) is 18.3. The zero-order valence-electron chi connectivity index (χ0n) is 15.5. The van der Waals surface area contributed by atoms with Crippen LogP contribution in [0.25, 0.3) is 0 Å². The molecule has 0 bridgehead atoms. The van der Waals surface area contributed by atoms with E-state index < -0.39 is 0 Å². The number of carbonyl (C=O) groups excluding carboxylic acids is 2. The fraction of sp³-hybridized carbons (Fsp3) is 0.333. The molecule has 7 heteroatoms. The average molecular weight is 381 g/mol. The first-order valence-corrected chi connectivity index (χ1v) is 9.50. The summed E-state index contributed by atoms with van der Waals surface area (Å²) in [5.74, 6) is 0.526. The van der Waals surface area contributed by atoms with Crippen molar-refractivity contribution < 1.29 is 19.1 Å². The van der Waals surface area contributed by atoms with E-state index in [0.29, 0.717) is 30.9 Å². The molecule has 1 atom stereocenters. The number of benzene rings is 2. The number of nitrogens with zero attached hydrogens (tertiary/aromatic N) is 1. The van der Waals surface area contributed by atoms with E-state index in [1.165, 1.54) is 0 Å². The fourth-order valence-corrected chi connectivity index (χ4v) is 3.31. The summed E-state index contributed by atoms with van der Waals surface area (Å²) >= 11 is 0. The lowest BCUT2D eigenvalue weighted by atomic mass is 10.2. The van der Waals surface area contributed by atoms with Crippen molar-refractivity contribution in [1.29, 1.82) is 0 Å². The van der Waals surface area contributed by atoms with Crippen molar-refractivity contribution in [2.45, 2.75) is 18.9 Å². The summed E-state index contributed by atoms with van der Waals surface area (Å²) < 4.78 is 11.3. The van der Waals surface area contributed by atoms with E-state index in [9.17, 15) is 9.59 Å². The van der Waals surface area contributed by atoms with Gasteiger partial charge in [0.15, 0.2) is 0 Å². The van der Waals surface area contributed by atoms with E-state index in [0.717, 1.165) is 30.9 Å². The smallest absolute Gasteiger partial charge is 0.321 e. The SMILES string of the molecule is O=C(Nc1ccc(N2CCNC2=O)cc1)c1ccc(OCC2CCCO2)cc1. The van der Waals surface area contributed by atoms with Crippen LogP contribution in [0.1, 0.15) is 23.2 Å². The minimum Gasteiger partial charge on any atom is -0.491 e. The van der Waals surface area contributed by atoms with Gasteiger partial charge in [0, 0.05) is 36.6 Å². The van der Waals surface area contributed by atoms with Crippen molar-refractivity contribution in [3.05, 3.63) is 54.1 Å². The Morgan fingerprint density at radius 2 is 1.96 bits per heavy atom. The molecule has 0 radical (unpaired) electrons. The predicted molar refractivity (Wildman–Crippen MR) is 106 cm³/mol. The monoisotopic (exact) mass is 381 g/mol. The molecule has 2 aromatic carbocycles. The Bertz CT molecular complexity index is 830. The van der Waals surface area contributed by atoms with Crippen LogP contribution >= 0.6 is 0 Å². The van der Waals surface area contributed by atoms with Gasteiger partial charge in [0.2, 0.25) is 0 Å². The molecule has 146 valence electrons. The van der Waals surface area contributed by atoms with Crippen LogP contribution in [-0.4, -0.2) is 44.3 Å². The van der Waals surface area contributed by atoms with E-state index in [2.05, 4.69) is 10.6 Å². The van der Waals surface area contributed by atoms with Crippen LogP contribution in [0.15, 0.2) is 48.5 Å². The third-order valence-corrected chi connectivity index (χ3v) is 4.87. The molecule has 2 heterocycles. The molecular weight excluding hydrogens is 358 g/mol. The molecule has 3 amide bonds. The van der Waals surface area contributed by atoms with Gasteiger partial charge in [0.05, 0.1) is 6.10 Å². The lowest BCUT2D eigenvalue weighted by molar-refractivity contribution is 0.0679. The molecule has 2 aromatic rings. The number of hydrogen-bond acceptors (Lipinski definition) is 4. The van der Waals surface area contributed by atoms with E-state index in [4.69, 9.17) is 9.47 Å². The molecule has 2 aliphatic heterocycles. The van der Waals surface area contributed by atoms with Crippen molar-refractivity contribution in [2.24, 2.45) is 0 Å². The number of rotatable bonds is 6. The second-order valence-electron chi connectivity index (χ2n) is 6.85. The van der Waals surface area contributed by atoms with Crippen LogP contribution in [0.5, 0.6) is 5.75 Å². The summed E-state index contributed by atoms with van der Waals surface area (Å²) in [6.45, 7) is 2.63. The summed E-state index contributed by atoms with van der Waals surface area (Å²) in [6.07, 6.45) is 2.28. The fourth-order valence-electron chi connectivity index (χ4n) is 3.31. The molecule has 7 nitrogen and oxygen atoms in total. The van der Waals surface area contributed by atoms with Gasteiger partial charge in [-0.15, -0.1) is 0 Å². The lowest BCUT2D eigenvalue weighted by Crippen LogP contribution is -2.27. The minimum absolute atomic E-state index is 0.0985. The molecule has 2 fully saturated rings.